The molecule has 400 valence electrons. The standard InChI is InChI=1S/C31H35N5O6Si.C25H21N5O5/c1-41-24-10-7-22-17-35(28(38)25(22)16-24)18-31(29(39)36(30(40)34-31)19-42-13-14-43(2,3)4)23-8-5-20(6-9-23)21-11-12-33-26(15-21)27(32)37;1-35-18-7-4-16-12-30(22(32)19(16)11-18)13-25(23(33)28-24(34)29-25)17-5-2-14(3-6-17)15-8-9-27-20(10-15)21(26)31/h5-12,15-16H,13-14,17-19H2,1-4H3,(H2,32,37)(H,34,40);2-11H,12-13H2,1H3,(H2,26,31)(H2,28,29,33,34)/t31-;25-/m00/s1. The van der Waals surface area contributed by atoms with E-state index in [9.17, 15) is 38.4 Å². The summed E-state index contributed by atoms with van der Waals surface area (Å²) < 4.78 is 16.3. The minimum Gasteiger partial charge on any atom is -0.497 e. The summed E-state index contributed by atoms with van der Waals surface area (Å²) in [6.07, 6.45) is 2.98. The number of fused-ring (bicyclic) bond motifs is 2. The highest BCUT2D eigenvalue weighted by atomic mass is 28.3. The molecule has 4 aromatic carbocycles. The second-order valence-electron chi connectivity index (χ2n) is 20.3. The molecule has 2 aromatic heterocycles. The summed E-state index contributed by atoms with van der Waals surface area (Å²) in [5.41, 5.74) is 14.5. The van der Waals surface area contributed by atoms with Crippen LogP contribution in [-0.2, 0) is 38.5 Å². The summed E-state index contributed by atoms with van der Waals surface area (Å²) >= 11 is 0. The van der Waals surface area contributed by atoms with Gasteiger partial charge < -0.3 is 46.1 Å². The fourth-order valence-electron chi connectivity index (χ4n) is 9.72. The van der Waals surface area contributed by atoms with Crippen molar-refractivity contribution in [1.82, 2.24) is 40.6 Å². The number of ether oxygens (including phenoxy) is 3. The number of hydrogen-bond acceptors (Lipinski definition) is 13. The van der Waals surface area contributed by atoms with Gasteiger partial charge in [0.2, 0.25) is 0 Å². The van der Waals surface area contributed by atoms with Crippen molar-refractivity contribution in [2.24, 2.45) is 11.5 Å². The van der Waals surface area contributed by atoms with E-state index < -0.39 is 54.8 Å². The number of carbonyl (C=O) groups is 8. The Labute approximate surface area is 449 Å². The van der Waals surface area contributed by atoms with Crippen LogP contribution >= 0.6 is 0 Å². The Kier molecular flexibility index (Phi) is 14.7. The molecule has 7 N–H and O–H groups in total. The number of urea groups is 2. The van der Waals surface area contributed by atoms with Crippen LogP contribution < -0.4 is 36.9 Å². The highest BCUT2D eigenvalue weighted by molar-refractivity contribution is 6.76. The SMILES string of the molecule is COc1ccc2c(c1)C(=O)N(C[C@@]1(c3ccc(-c4ccnc(C(N)=O)c4)cc3)NC(=O)N(COCC[Si](C)(C)C)C1=O)C2.COc1ccc2c(c1)C(=O)N(C[C@@]1(c3ccc(-c4ccnc(C(N)=O)c4)cc3)NC(=O)NC1=O)C2. The molecule has 10 amide bonds. The van der Waals surface area contributed by atoms with Gasteiger partial charge in [-0.15, -0.1) is 0 Å². The zero-order chi connectivity index (χ0) is 55.7. The minimum absolute atomic E-state index is 0.0547. The second kappa shape index (κ2) is 21.4. The molecule has 6 aromatic rings. The van der Waals surface area contributed by atoms with Crippen LogP contribution in [0.5, 0.6) is 11.5 Å². The number of nitrogens with two attached hydrogens (primary N) is 2. The fraction of sp³-hybridized carbons (Fsp3) is 0.250. The van der Waals surface area contributed by atoms with Gasteiger partial charge in [-0.25, -0.2) is 14.5 Å². The molecule has 78 heavy (non-hydrogen) atoms. The van der Waals surface area contributed by atoms with Gasteiger partial charge in [0.1, 0.15) is 29.6 Å². The summed E-state index contributed by atoms with van der Waals surface area (Å²) in [6, 6.07) is 30.9. The van der Waals surface area contributed by atoms with Crippen molar-refractivity contribution in [1.29, 1.82) is 0 Å². The van der Waals surface area contributed by atoms with E-state index >= 15 is 0 Å². The smallest absolute Gasteiger partial charge is 0.327 e. The Morgan fingerprint density at radius 3 is 1.53 bits per heavy atom. The Balaban J connectivity index is 0.000000193. The monoisotopic (exact) mass is 1070 g/mol. The average Bonchev–Trinajstić information content (AvgIpc) is 4.10. The quantitative estimate of drug-likeness (QED) is 0.0451. The van der Waals surface area contributed by atoms with Crippen molar-refractivity contribution in [2.75, 3.05) is 40.6 Å². The van der Waals surface area contributed by atoms with Gasteiger partial charge in [0.15, 0.2) is 11.1 Å². The number of imide groups is 2. The van der Waals surface area contributed by atoms with Gasteiger partial charge >= 0.3 is 12.1 Å². The van der Waals surface area contributed by atoms with E-state index in [0.717, 1.165) is 33.2 Å². The molecule has 0 unspecified atom stereocenters. The van der Waals surface area contributed by atoms with Gasteiger partial charge in [0.25, 0.3) is 35.4 Å². The number of rotatable bonds is 17. The molecule has 0 radical (unpaired) electrons. The molecule has 10 rings (SSSR count). The van der Waals surface area contributed by atoms with E-state index in [0.29, 0.717) is 58.0 Å². The number of aromatic nitrogens is 2. The number of benzene rings is 4. The Morgan fingerprint density at radius 1 is 0.615 bits per heavy atom. The lowest BCUT2D eigenvalue weighted by atomic mass is 9.87. The highest BCUT2D eigenvalue weighted by Crippen LogP contribution is 2.37. The molecule has 22 heteroatoms. The predicted molar refractivity (Wildman–Crippen MR) is 286 cm³/mol. The fourth-order valence-corrected chi connectivity index (χ4v) is 10.5. The lowest BCUT2D eigenvalue weighted by Gasteiger charge is -2.32. The first-order valence-electron chi connectivity index (χ1n) is 24.7. The van der Waals surface area contributed by atoms with E-state index in [1.165, 1.54) is 31.5 Å². The number of nitrogens with one attached hydrogen (secondary N) is 3. The number of amides is 10. The van der Waals surface area contributed by atoms with Crippen molar-refractivity contribution in [3.63, 3.8) is 0 Å². The van der Waals surface area contributed by atoms with Crippen molar-refractivity contribution >= 4 is 55.6 Å². The maximum Gasteiger partial charge on any atom is 0.327 e. The molecule has 0 spiro atoms. The lowest BCUT2D eigenvalue weighted by molar-refractivity contribution is -0.135. The van der Waals surface area contributed by atoms with Crippen LogP contribution in [0.25, 0.3) is 22.3 Å². The molecule has 4 aliphatic rings. The molecule has 21 nitrogen and oxygen atoms in total. The molecule has 2 saturated heterocycles. The third-order valence-electron chi connectivity index (χ3n) is 14.0. The molecule has 0 saturated carbocycles. The maximum absolute atomic E-state index is 14.1. The van der Waals surface area contributed by atoms with Gasteiger partial charge in [-0.1, -0.05) is 80.3 Å². The largest absolute Gasteiger partial charge is 0.497 e. The van der Waals surface area contributed by atoms with Crippen molar-refractivity contribution in [3.8, 4) is 33.8 Å². The zero-order valence-corrected chi connectivity index (χ0v) is 44.4. The Bertz CT molecular complexity index is 3420. The van der Waals surface area contributed by atoms with Gasteiger partial charge in [0.05, 0.1) is 27.3 Å². The van der Waals surface area contributed by atoms with Gasteiger partial charge in [-0.05, 0) is 99.1 Å². The van der Waals surface area contributed by atoms with Crippen LogP contribution in [0.15, 0.2) is 122 Å². The van der Waals surface area contributed by atoms with Crippen molar-refractivity contribution in [3.05, 3.63) is 166 Å². The van der Waals surface area contributed by atoms with Crippen LogP contribution in [0.2, 0.25) is 25.7 Å². The second-order valence-corrected chi connectivity index (χ2v) is 26.0. The van der Waals surface area contributed by atoms with E-state index in [4.69, 9.17) is 25.7 Å². The van der Waals surface area contributed by atoms with E-state index in [1.54, 1.807) is 102 Å². The van der Waals surface area contributed by atoms with Gasteiger partial charge in [-0.2, -0.15) is 0 Å². The molecule has 0 aliphatic carbocycles. The lowest BCUT2D eigenvalue weighted by Crippen LogP contribution is -2.53. The summed E-state index contributed by atoms with van der Waals surface area (Å²) in [5.74, 6) is -1.71. The summed E-state index contributed by atoms with van der Waals surface area (Å²) in [5, 5.41) is 7.92. The molecule has 2 atom stereocenters. The first-order chi connectivity index (χ1) is 37.2. The topological polar surface area (TPSA) is 288 Å². The highest BCUT2D eigenvalue weighted by Gasteiger charge is 2.55. The first kappa shape index (κ1) is 53.5. The predicted octanol–water partition coefficient (Wildman–Crippen LogP) is 5.12. The third kappa shape index (κ3) is 10.6. The average molecular weight is 1070 g/mol. The zero-order valence-electron chi connectivity index (χ0n) is 43.4. The Morgan fingerprint density at radius 2 is 1.09 bits per heavy atom. The van der Waals surface area contributed by atoms with Gasteiger partial charge in [0, 0.05) is 51.3 Å². The van der Waals surface area contributed by atoms with Crippen LogP contribution in [0.1, 0.15) is 63.9 Å². The number of primary amides is 2. The minimum atomic E-state index is -1.55. The van der Waals surface area contributed by atoms with Crippen molar-refractivity contribution < 1.29 is 52.6 Å². The van der Waals surface area contributed by atoms with E-state index in [2.05, 4.69) is 45.6 Å². The molecule has 4 aliphatic heterocycles. The van der Waals surface area contributed by atoms with Crippen LogP contribution in [-0.4, -0.2) is 121 Å². The van der Waals surface area contributed by atoms with Gasteiger partial charge in [-0.3, -0.25) is 44.1 Å². The van der Waals surface area contributed by atoms with Crippen molar-refractivity contribution in [2.45, 2.75) is 49.9 Å². The maximum atomic E-state index is 14.1. The number of carbonyl (C=O) groups excluding carboxylic acids is 8. The number of pyridine rings is 2. The third-order valence-corrected chi connectivity index (χ3v) is 15.7. The van der Waals surface area contributed by atoms with Crippen LogP contribution in [0.3, 0.4) is 0 Å². The van der Waals surface area contributed by atoms with E-state index in [-0.39, 0.29) is 49.6 Å². The summed E-state index contributed by atoms with van der Waals surface area (Å²) in [4.78, 5) is 114. The summed E-state index contributed by atoms with van der Waals surface area (Å²) in [6.45, 7) is 7.36. The molecular formula is C56H56N10O11Si. The Hall–Kier alpha value is -9.28. The summed E-state index contributed by atoms with van der Waals surface area (Å²) in [7, 11) is 1.68. The first-order valence-corrected chi connectivity index (χ1v) is 28.4. The molecular weight excluding hydrogens is 1020 g/mol. The van der Waals surface area contributed by atoms with Crippen LogP contribution in [0.4, 0.5) is 9.59 Å². The number of hydrogen-bond donors (Lipinski definition) is 5. The van der Waals surface area contributed by atoms with E-state index in [1.807, 2.05) is 12.1 Å². The molecule has 0 bridgehead atoms. The number of nitrogens with zero attached hydrogens (tertiary/aromatic N) is 5. The number of methoxy groups -OCH3 is 2. The molecule has 2 fully saturated rings. The molecule has 6 heterocycles. The normalized spacial score (nSPS) is 18.4. The van der Waals surface area contributed by atoms with Crippen LogP contribution in [0, 0.1) is 0 Å².